The molecule has 132 valence electrons. The normalized spacial score (nSPS) is 16.2. The quantitative estimate of drug-likeness (QED) is 0.652. The predicted molar refractivity (Wildman–Crippen MR) is 90.8 cm³/mol. The third kappa shape index (κ3) is 2.48. The van der Waals surface area contributed by atoms with Crippen LogP contribution in [-0.4, -0.2) is 13.1 Å². The van der Waals surface area contributed by atoms with Crippen LogP contribution in [0.3, 0.4) is 0 Å². The second kappa shape index (κ2) is 5.87. The zero-order chi connectivity index (χ0) is 18.4. The van der Waals surface area contributed by atoms with Crippen LogP contribution in [0, 0.1) is 6.92 Å². The highest BCUT2D eigenvalue weighted by molar-refractivity contribution is 5.80. The van der Waals surface area contributed by atoms with Crippen LogP contribution in [0.25, 0.3) is 11.0 Å². The Morgan fingerprint density at radius 1 is 1.15 bits per heavy atom. The SMILES string of the molecule is COc1ccc2occ(C3CC(=O)Oc4c3oc(C)cc4=O)c(=O)c2c1. The first kappa shape index (κ1) is 16.1. The highest BCUT2D eigenvalue weighted by atomic mass is 16.5. The van der Waals surface area contributed by atoms with Gasteiger partial charge in [0.2, 0.25) is 11.2 Å². The Morgan fingerprint density at radius 3 is 2.73 bits per heavy atom. The van der Waals surface area contributed by atoms with Gasteiger partial charge in [0.15, 0.2) is 11.2 Å². The lowest BCUT2D eigenvalue weighted by Crippen LogP contribution is -2.28. The molecule has 1 atom stereocenters. The van der Waals surface area contributed by atoms with Gasteiger partial charge in [0, 0.05) is 11.6 Å². The molecule has 26 heavy (non-hydrogen) atoms. The van der Waals surface area contributed by atoms with Crippen molar-refractivity contribution < 1.29 is 23.1 Å². The lowest BCUT2D eigenvalue weighted by Gasteiger charge is -2.22. The number of ether oxygens (including phenoxy) is 2. The zero-order valence-corrected chi connectivity index (χ0v) is 14.0. The van der Waals surface area contributed by atoms with Crippen molar-refractivity contribution in [3.63, 3.8) is 0 Å². The van der Waals surface area contributed by atoms with E-state index in [1.807, 2.05) is 0 Å². The minimum atomic E-state index is -0.759. The average molecular weight is 354 g/mol. The van der Waals surface area contributed by atoms with E-state index in [0.29, 0.717) is 22.5 Å². The van der Waals surface area contributed by atoms with E-state index in [2.05, 4.69) is 0 Å². The number of hydrogen-bond acceptors (Lipinski definition) is 7. The fourth-order valence-corrected chi connectivity index (χ4v) is 3.11. The molecule has 1 unspecified atom stereocenters. The Bertz CT molecular complexity index is 1150. The van der Waals surface area contributed by atoms with Gasteiger partial charge in [-0.25, -0.2) is 0 Å². The number of fused-ring (bicyclic) bond motifs is 2. The van der Waals surface area contributed by atoms with E-state index in [-0.39, 0.29) is 28.9 Å². The maximum atomic E-state index is 13.0. The standard InChI is InChI=1S/C19H14O7/c1-9-5-14(20)19-18(25-9)11(7-16(21)26-19)13-8-24-15-4-3-10(23-2)6-12(15)17(13)22/h3-6,8,11H,7H2,1-2H3. The topological polar surface area (TPSA) is 95.9 Å². The maximum absolute atomic E-state index is 13.0. The van der Waals surface area contributed by atoms with Gasteiger partial charge in [-0.2, -0.15) is 0 Å². The van der Waals surface area contributed by atoms with Crippen molar-refractivity contribution in [2.75, 3.05) is 7.11 Å². The van der Waals surface area contributed by atoms with Crippen LogP contribution < -0.4 is 20.3 Å². The number of benzene rings is 1. The van der Waals surface area contributed by atoms with Crippen LogP contribution in [0.15, 0.2) is 49.0 Å². The number of aryl methyl sites for hydroxylation is 1. The molecule has 1 aliphatic rings. The van der Waals surface area contributed by atoms with E-state index in [9.17, 15) is 14.4 Å². The first-order valence-corrected chi connectivity index (χ1v) is 7.92. The fraction of sp³-hybridized carbons (Fsp3) is 0.211. The minimum Gasteiger partial charge on any atom is -0.497 e. The summed E-state index contributed by atoms with van der Waals surface area (Å²) in [5.41, 5.74) is -0.171. The number of hydrogen-bond donors (Lipinski definition) is 0. The molecule has 0 bridgehead atoms. The summed E-state index contributed by atoms with van der Waals surface area (Å²) in [4.78, 5) is 37.1. The largest absolute Gasteiger partial charge is 0.497 e. The van der Waals surface area contributed by atoms with Crippen LogP contribution >= 0.6 is 0 Å². The molecule has 0 N–H and O–H groups in total. The molecule has 1 aliphatic heterocycles. The summed E-state index contributed by atoms with van der Waals surface area (Å²) in [7, 11) is 1.50. The molecule has 0 radical (unpaired) electrons. The molecule has 4 rings (SSSR count). The molecule has 7 nitrogen and oxygen atoms in total. The molecule has 0 amide bonds. The summed E-state index contributed by atoms with van der Waals surface area (Å²) < 4.78 is 21.4. The Labute approximate surface area is 146 Å². The molecule has 0 saturated heterocycles. The van der Waals surface area contributed by atoms with Crippen molar-refractivity contribution in [1.82, 2.24) is 0 Å². The molecule has 0 aliphatic carbocycles. The molecule has 1 aromatic carbocycles. The van der Waals surface area contributed by atoms with Crippen LogP contribution in [0.1, 0.15) is 29.4 Å². The number of methoxy groups -OCH3 is 1. The lowest BCUT2D eigenvalue weighted by molar-refractivity contribution is -0.136. The van der Waals surface area contributed by atoms with Gasteiger partial charge in [0.25, 0.3) is 0 Å². The van der Waals surface area contributed by atoms with E-state index in [1.165, 1.54) is 19.4 Å². The van der Waals surface area contributed by atoms with Crippen molar-refractivity contribution in [3.8, 4) is 11.5 Å². The molecule has 0 fully saturated rings. The summed E-state index contributed by atoms with van der Waals surface area (Å²) >= 11 is 0. The molecule has 2 aromatic heterocycles. The van der Waals surface area contributed by atoms with Gasteiger partial charge >= 0.3 is 5.97 Å². The summed E-state index contributed by atoms with van der Waals surface area (Å²) in [5.74, 6) is -0.517. The lowest BCUT2D eigenvalue weighted by atomic mass is 9.91. The summed E-state index contributed by atoms with van der Waals surface area (Å²) in [6.45, 7) is 1.61. The van der Waals surface area contributed by atoms with E-state index < -0.39 is 17.3 Å². The third-order valence-electron chi connectivity index (χ3n) is 4.34. The van der Waals surface area contributed by atoms with Gasteiger partial charge in [0.1, 0.15) is 17.1 Å². The molecule has 3 aromatic rings. The Balaban J connectivity index is 1.97. The van der Waals surface area contributed by atoms with E-state index in [0.717, 1.165) is 0 Å². The van der Waals surface area contributed by atoms with Crippen molar-refractivity contribution in [2.24, 2.45) is 0 Å². The summed E-state index contributed by atoms with van der Waals surface area (Å²) in [6, 6.07) is 6.12. The number of esters is 1. The van der Waals surface area contributed by atoms with Gasteiger partial charge in [-0.3, -0.25) is 14.4 Å². The van der Waals surface area contributed by atoms with Gasteiger partial charge in [-0.15, -0.1) is 0 Å². The second-order valence-corrected chi connectivity index (χ2v) is 6.03. The first-order chi connectivity index (χ1) is 12.5. The van der Waals surface area contributed by atoms with Crippen molar-refractivity contribution in [3.05, 3.63) is 68.1 Å². The fourth-order valence-electron chi connectivity index (χ4n) is 3.11. The molecule has 0 saturated carbocycles. The van der Waals surface area contributed by atoms with Gasteiger partial charge < -0.3 is 18.3 Å². The third-order valence-corrected chi connectivity index (χ3v) is 4.34. The van der Waals surface area contributed by atoms with Gasteiger partial charge in [-0.1, -0.05) is 0 Å². The summed E-state index contributed by atoms with van der Waals surface area (Å²) in [6.07, 6.45) is 1.17. The van der Waals surface area contributed by atoms with Crippen molar-refractivity contribution >= 4 is 16.9 Å². The Kier molecular flexibility index (Phi) is 3.64. The van der Waals surface area contributed by atoms with Crippen molar-refractivity contribution in [2.45, 2.75) is 19.3 Å². The Morgan fingerprint density at radius 2 is 1.96 bits per heavy atom. The molecular formula is C19H14O7. The van der Waals surface area contributed by atoms with Crippen LogP contribution in [0.2, 0.25) is 0 Å². The Hall–Kier alpha value is -3.35. The monoisotopic (exact) mass is 354 g/mol. The van der Waals surface area contributed by atoms with Crippen LogP contribution in [0.5, 0.6) is 11.5 Å². The van der Waals surface area contributed by atoms with Crippen molar-refractivity contribution in [1.29, 1.82) is 0 Å². The smallest absolute Gasteiger partial charge is 0.312 e. The number of carbonyl (C=O) groups is 1. The van der Waals surface area contributed by atoms with E-state index >= 15 is 0 Å². The maximum Gasteiger partial charge on any atom is 0.312 e. The van der Waals surface area contributed by atoms with Crippen LogP contribution in [0.4, 0.5) is 0 Å². The highest BCUT2D eigenvalue weighted by Crippen LogP contribution is 2.36. The molecule has 7 heteroatoms. The zero-order valence-electron chi connectivity index (χ0n) is 14.0. The van der Waals surface area contributed by atoms with Crippen LogP contribution in [-0.2, 0) is 4.79 Å². The summed E-state index contributed by atoms with van der Waals surface area (Å²) in [5, 5.41) is 0.317. The number of rotatable bonds is 2. The van der Waals surface area contributed by atoms with Gasteiger partial charge in [-0.05, 0) is 25.1 Å². The first-order valence-electron chi connectivity index (χ1n) is 7.92. The predicted octanol–water partition coefficient (Wildman–Crippen LogP) is 2.50. The van der Waals surface area contributed by atoms with E-state index in [4.69, 9.17) is 18.3 Å². The molecule has 0 spiro atoms. The number of carbonyl (C=O) groups excluding carboxylic acids is 1. The highest BCUT2D eigenvalue weighted by Gasteiger charge is 2.35. The molecule has 3 heterocycles. The second-order valence-electron chi connectivity index (χ2n) is 6.03. The van der Waals surface area contributed by atoms with E-state index in [1.54, 1.807) is 25.1 Å². The molecular weight excluding hydrogens is 340 g/mol. The average Bonchev–Trinajstić information content (AvgIpc) is 2.62. The minimum absolute atomic E-state index is 0.125. The van der Waals surface area contributed by atoms with Gasteiger partial charge in [0.05, 0.1) is 31.1 Å².